The van der Waals surface area contributed by atoms with E-state index in [2.05, 4.69) is 10.2 Å². The van der Waals surface area contributed by atoms with E-state index in [1.54, 1.807) is 12.3 Å². The van der Waals surface area contributed by atoms with E-state index in [-0.39, 0.29) is 40.5 Å². The average Bonchev–Trinajstić information content (AvgIpc) is 3.35. The van der Waals surface area contributed by atoms with E-state index in [0.717, 1.165) is 31.7 Å². The molecule has 4 rings (SSSR count). The Morgan fingerprint density at radius 1 is 1.09 bits per heavy atom. The van der Waals surface area contributed by atoms with E-state index in [4.69, 9.17) is 20.8 Å². The van der Waals surface area contributed by atoms with Crippen molar-refractivity contribution in [2.75, 3.05) is 45.9 Å². The summed E-state index contributed by atoms with van der Waals surface area (Å²) >= 11 is 6.21. The summed E-state index contributed by atoms with van der Waals surface area (Å²) in [6, 6.07) is 8.04. The number of sulfonamides is 1. The Morgan fingerprint density at radius 3 is 2.53 bits per heavy atom. The maximum Gasteiger partial charge on any atom is 0.251 e. The van der Waals surface area contributed by atoms with Crippen LogP contribution in [0.2, 0.25) is 5.02 Å². The molecular formula is C22H28ClN3O5S. The quantitative estimate of drug-likeness (QED) is 0.653. The van der Waals surface area contributed by atoms with Crippen molar-refractivity contribution in [1.29, 1.82) is 0 Å². The zero-order valence-electron chi connectivity index (χ0n) is 17.8. The number of morpholine rings is 1. The Bertz CT molecular complexity index is 1020. The maximum atomic E-state index is 13.0. The Balaban J connectivity index is 1.50. The van der Waals surface area contributed by atoms with Gasteiger partial charge in [0, 0.05) is 25.2 Å². The van der Waals surface area contributed by atoms with Crippen molar-refractivity contribution in [2.24, 2.45) is 0 Å². The highest BCUT2D eigenvalue weighted by molar-refractivity contribution is 7.89. The van der Waals surface area contributed by atoms with Gasteiger partial charge in [0.05, 0.1) is 30.5 Å². The van der Waals surface area contributed by atoms with Crippen molar-refractivity contribution in [3.05, 3.63) is 52.9 Å². The second kappa shape index (κ2) is 10.4. The number of amides is 1. The van der Waals surface area contributed by atoms with Crippen LogP contribution in [0.5, 0.6) is 0 Å². The number of nitrogens with zero attached hydrogens (tertiary/aromatic N) is 2. The Morgan fingerprint density at radius 2 is 1.84 bits per heavy atom. The topological polar surface area (TPSA) is 92.1 Å². The summed E-state index contributed by atoms with van der Waals surface area (Å²) in [6.45, 7) is 3.45. The fourth-order valence-electron chi connectivity index (χ4n) is 4.18. The highest BCUT2D eigenvalue weighted by Crippen LogP contribution is 2.27. The molecule has 2 aliphatic rings. The third kappa shape index (κ3) is 5.18. The van der Waals surface area contributed by atoms with Gasteiger partial charge in [0.15, 0.2) is 0 Å². The van der Waals surface area contributed by atoms with Gasteiger partial charge >= 0.3 is 0 Å². The number of carbonyl (C=O) groups excluding carboxylic acids is 1. The van der Waals surface area contributed by atoms with E-state index in [9.17, 15) is 13.2 Å². The number of piperidine rings is 1. The highest BCUT2D eigenvalue weighted by Gasteiger charge is 2.30. The number of rotatable bonds is 7. The van der Waals surface area contributed by atoms with Crippen molar-refractivity contribution in [1.82, 2.24) is 14.5 Å². The molecule has 32 heavy (non-hydrogen) atoms. The third-order valence-electron chi connectivity index (χ3n) is 5.94. The lowest BCUT2D eigenvalue weighted by atomic mass is 10.1. The lowest BCUT2D eigenvalue weighted by molar-refractivity contribution is 0.0730. The number of ether oxygens (including phenoxy) is 1. The Labute approximate surface area is 193 Å². The minimum Gasteiger partial charge on any atom is -0.468 e. The van der Waals surface area contributed by atoms with Crippen LogP contribution in [-0.4, -0.2) is 69.5 Å². The molecule has 2 aliphatic heterocycles. The summed E-state index contributed by atoms with van der Waals surface area (Å²) in [5.41, 5.74) is 0.248. The number of halogens is 1. The molecular weight excluding hydrogens is 454 g/mol. The Kier molecular flexibility index (Phi) is 7.52. The molecule has 0 aliphatic carbocycles. The predicted octanol–water partition coefficient (Wildman–Crippen LogP) is 2.91. The van der Waals surface area contributed by atoms with Crippen LogP contribution in [0.3, 0.4) is 0 Å². The fraction of sp³-hybridized carbons (Fsp3) is 0.500. The molecule has 1 N–H and O–H groups in total. The minimum absolute atomic E-state index is 0.0627. The standard InChI is InChI=1S/C22H28ClN3O5S/c23-18-7-6-17(15-21(18)32(28,29)26-10-13-30-14-11-26)22(27)24-16-19(20-5-4-12-31-20)25-8-2-1-3-9-25/h4-7,12,15,19H,1-3,8-11,13-14,16H2,(H,24,27). The number of carbonyl (C=O) groups is 1. The molecule has 3 heterocycles. The molecule has 2 aromatic rings. The second-order valence-corrected chi connectivity index (χ2v) is 10.3. The normalized spacial score (nSPS) is 19.5. The molecule has 10 heteroatoms. The van der Waals surface area contributed by atoms with E-state index < -0.39 is 10.0 Å². The molecule has 1 atom stereocenters. The van der Waals surface area contributed by atoms with Gasteiger partial charge in [-0.05, 0) is 56.3 Å². The van der Waals surface area contributed by atoms with Gasteiger partial charge in [0.2, 0.25) is 10.0 Å². The average molecular weight is 482 g/mol. The summed E-state index contributed by atoms with van der Waals surface area (Å²) in [4.78, 5) is 15.2. The first-order valence-electron chi connectivity index (χ1n) is 10.9. The molecule has 2 fully saturated rings. The molecule has 0 radical (unpaired) electrons. The van der Waals surface area contributed by atoms with Crippen LogP contribution in [0, 0.1) is 0 Å². The lowest BCUT2D eigenvalue weighted by Gasteiger charge is -2.33. The monoisotopic (exact) mass is 481 g/mol. The SMILES string of the molecule is O=C(NCC(c1ccco1)N1CCCCC1)c1ccc(Cl)c(S(=O)(=O)N2CCOCC2)c1. The number of benzene rings is 1. The summed E-state index contributed by atoms with van der Waals surface area (Å²) in [7, 11) is -3.81. The van der Waals surface area contributed by atoms with Crippen LogP contribution in [0.15, 0.2) is 45.9 Å². The van der Waals surface area contributed by atoms with Crippen LogP contribution in [0.4, 0.5) is 0 Å². The van der Waals surface area contributed by atoms with Crippen LogP contribution in [-0.2, 0) is 14.8 Å². The van der Waals surface area contributed by atoms with Crippen LogP contribution in [0.25, 0.3) is 0 Å². The van der Waals surface area contributed by atoms with Crippen molar-refractivity contribution >= 4 is 27.5 Å². The zero-order valence-corrected chi connectivity index (χ0v) is 19.4. The van der Waals surface area contributed by atoms with Crippen molar-refractivity contribution in [2.45, 2.75) is 30.2 Å². The lowest BCUT2D eigenvalue weighted by Crippen LogP contribution is -2.41. The van der Waals surface area contributed by atoms with Gasteiger partial charge in [0.1, 0.15) is 10.7 Å². The number of hydrogen-bond acceptors (Lipinski definition) is 6. The third-order valence-corrected chi connectivity index (χ3v) is 8.32. The predicted molar refractivity (Wildman–Crippen MR) is 120 cm³/mol. The van der Waals surface area contributed by atoms with Crippen LogP contribution >= 0.6 is 11.6 Å². The molecule has 8 nitrogen and oxygen atoms in total. The summed E-state index contributed by atoms with van der Waals surface area (Å²) < 4.78 is 38.3. The van der Waals surface area contributed by atoms with E-state index in [0.29, 0.717) is 19.8 Å². The maximum absolute atomic E-state index is 13.0. The van der Waals surface area contributed by atoms with Gasteiger partial charge in [-0.1, -0.05) is 18.0 Å². The molecule has 174 valence electrons. The van der Waals surface area contributed by atoms with Gasteiger partial charge in [-0.25, -0.2) is 8.42 Å². The smallest absolute Gasteiger partial charge is 0.251 e. The molecule has 2 saturated heterocycles. The number of hydrogen-bond donors (Lipinski definition) is 1. The van der Waals surface area contributed by atoms with Gasteiger partial charge in [-0.15, -0.1) is 0 Å². The van der Waals surface area contributed by atoms with Gasteiger partial charge in [0.25, 0.3) is 5.91 Å². The summed E-state index contributed by atoms with van der Waals surface area (Å²) in [5.74, 6) is 0.451. The molecule has 1 unspecified atom stereocenters. The molecule has 1 aromatic carbocycles. The molecule has 1 amide bonds. The van der Waals surface area contributed by atoms with E-state index >= 15 is 0 Å². The second-order valence-electron chi connectivity index (χ2n) is 8.00. The molecule has 0 saturated carbocycles. The van der Waals surface area contributed by atoms with Crippen molar-refractivity contribution < 1.29 is 22.4 Å². The van der Waals surface area contributed by atoms with Gasteiger partial charge < -0.3 is 14.5 Å². The molecule has 0 spiro atoms. The largest absolute Gasteiger partial charge is 0.468 e. The molecule has 1 aromatic heterocycles. The highest BCUT2D eigenvalue weighted by atomic mass is 35.5. The van der Waals surface area contributed by atoms with Crippen LogP contribution < -0.4 is 5.32 Å². The fourth-order valence-corrected chi connectivity index (χ4v) is 6.09. The van der Waals surface area contributed by atoms with Crippen LogP contribution in [0.1, 0.15) is 41.4 Å². The van der Waals surface area contributed by atoms with Crippen molar-refractivity contribution in [3.8, 4) is 0 Å². The number of furan rings is 1. The van der Waals surface area contributed by atoms with Crippen molar-refractivity contribution in [3.63, 3.8) is 0 Å². The van der Waals surface area contributed by atoms with E-state index in [1.807, 2.05) is 12.1 Å². The summed E-state index contributed by atoms with van der Waals surface area (Å²) in [5, 5.41) is 3.04. The van der Waals surface area contributed by atoms with E-state index in [1.165, 1.54) is 22.9 Å². The van der Waals surface area contributed by atoms with Gasteiger partial charge in [-0.2, -0.15) is 4.31 Å². The van der Waals surface area contributed by atoms with Gasteiger partial charge in [-0.3, -0.25) is 9.69 Å². The first-order valence-corrected chi connectivity index (χ1v) is 12.7. The summed E-state index contributed by atoms with van der Waals surface area (Å²) in [6.07, 6.45) is 5.07. The minimum atomic E-state index is -3.81. The Hall–Kier alpha value is -1.91. The number of likely N-dealkylation sites (tertiary alicyclic amines) is 1. The first kappa shape index (κ1) is 23.3. The first-order chi connectivity index (χ1) is 15.5. The zero-order chi connectivity index (χ0) is 22.6. The number of nitrogens with one attached hydrogen (secondary N) is 1. The molecule has 0 bridgehead atoms.